The van der Waals surface area contributed by atoms with E-state index in [1.807, 2.05) is 12.1 Å². The van der Waals surface area contributed by atoms with Gasteiger partial charge in [-0.25, -0.2) is 0 Å². The molecule has 0 fully saturated rings. The topological polar surface area (TPSA) is 69.4 Å². The minimum Gasteiger partial charge on any atom is -0.492 e. The van der Waals surface area contributed by atoms with Crippen LogP contribution < -0.4 is 4.74 Å². The third kappa shape index (κ3) is 2.50. The average molecular weight is 283 g/mol. The number of nitrogens with zero attached hydrogens (tertiary/aromatic N) is 1. The zero-order valence-electron chi connectivity index (χ0n) is 11.2. The van der Waals surface area contributed by atoms with E-state index in [-0.39, 0.29) is 11.3 Å². The summed E-state index contributed by atoms with van der Waals surface area (Å²) in [5.74, 6) is 0.705. The zero-order valence-corrected chi connectivity index (χ0v) is 11.2. The molecule has 0 bridgehead atoms. The summed E-state index contributed by atoms with van der Waals surface area (Å²) in [5.41, 5.74) is 2.69. The first-order chi connectivity index (χ1) is 10.2. The number of hydrogen-bond acceptors (Lipinski definition) is 4. The molecule has 21 heavy (non-hydrogen) atoms. The maximum Gasteiger partial charge on any atom is 0.270 e. The molecule has 3 rings (SSSR count). The molecule has 106 valence electrons. The van der Waals surface area contributed by atoms with E-state index in [9.17, 15) is 14.9 Å². The van der Waals surface area contributed by atoms with E-state index in [2.05, 4.69) is 12.1 Å². The number of carbonyl (C=O) groups excluding carboxylic acids is 1. The molecule has 1 aliphatic carbocycles. The average Bonchev–Trinajstić information content (AvgIpc) is 2.48. The Balaban J connectivity index is 1.72. The fourth-order valence-corrected chi connectivity index (χ4v) is 2.57. The molecule has 0 spiro atoms. The van der Waals surface area contributed by atoms with Crippen LogP contribution in [0.5, 0.6) is 5.75 Å². The molecule has 0 N–H and O–H groups in total. The van der Waals surface area contributed by atoms with Gasteiger partial charge in [0, 0.05) is 18.1 Å². The lowest BCUT2D eigenvalue weighted by atomic mass is 9.78. The van der Waals surface area contributed by atoms with Gasteiger partial charge in [-0.1, -0.05) is 24.3 Å². The number of ether oxygens (including phenoxy) is 1. The third-order valence-electron chi connectivity index (χ3n) is 3.73. The summed E-state index contributed by atoms with van der Waals surface area (Å²) in [6, 6.07) is 12.2. The molecule has 5 nitrogen and oxygen atoms in total. The molecule has 0 amide bonds. The van der Waals surface area contributed by atoms with Gasteiger partial charge in [-0.2, -0.15) is 0 Å². The predicted molar refractivity (Wildman–Crippen MR) is 76.9 cm³/mol. The third-order valence-corrected chi connectivity index (χ3v) is 3.73. The molecule has 0 aromatic heterocycles. The minimum atomic E-state index is -0.529. The van der Waals surface area contributed by atoms with Gasteiger partial charge in [0.2, 0.25) is 0 Å². The Labute approximate surface area is 121 Å². The van der Waals surface area contributed by atoms with E-state index in [0.717, 1.165) is 6.42 Å². The fraction of sp³-hybridized carbons (Fsp3) is 0.188. The van der Waals surface area contributed by atoms with Crippen molar-refractivity contribution in [2.75, 3.05) is 6.61 Å². The van der Waals surface area contributed by atoms with Crippen LogP contribution in [0.25, 0.3) is 0 Å². The smallest absolute Gasteiger partial charge is 0.270 e. The van der Waals surface area contributed by atoms with E-state index in [1.54, 1.807) is 0 Å². The highest BCUT2D eigenvalue weighted by molar-refractivity contribution is 5.80. The lowest BCUT2D eigenvalue weighted by molar-refractivity contribution is -0.384. The predicted octanol–water partition coefficient (Wildman–Crippen LogP) is 3.13. The molecule has 0 heterocycles. The van der Waals surface area contributed by atoms with Crippen LogP contribution in [0, 0.1) is 10.1 Å². The normalized spacial score (nSPS) is 15.7. The first-order valence-corrected chi connectivity index (χ1v) is 6.63. The summed E-state index contributed by atoms with van der Waals surface area (Å²) in [7, 11) is 0. The molecule has 5 heteroatoms. The van der Waals surface area contributed by atoms with Gasteiger partial charge in [0.1, 0.15) is 5.75 Å². The number of non-ortho nitro benzene ring substituents is 1. The second kappa shape index (κ2) is 5.36. The molecule has 0 radical (unpaired) electrons. The van der Waals surface area contributed by atoms with E-state index < -0.39 is 4.92 Å². The van der Waals surface area contributed by atoms with Gasteiger partial charge in [0.25, 0.3) is 5.69 Å². The highest BCUT2D eigenvalue weighted by Gasteiger charge is 2.26. The van der Waals surface area contributed by atoms with E-state index in [0.29, 0.717) is 24.6 Å². The maximum atomic E-state index is 11.0. The molecular formula is C16H13NO4. The second-order valence-electron chi connectivity index (χ2n) is 5.01. The van der Waals surface area contributed by atoms with Crippen molar-refractivity contribution >= 4 is 12.0 Å². The Morgan fingerprint density at radius 2 is 2.10 bits per heavy atom. The Bertz CT molecular complexity index is 711. The molecule has 1 atom stereocenters. The Morgan fingerprint density at radius 1 is 1.29 bits per heavy atom. The molecule has 2 aromatic carbocycles. The zero-order chi connectivity index (χ0) is 14.8. The number of carbonyl (C=O) groups is 1. The Hall–Kier alpha value is -2.69. The largest absolute Gasteiger partial charge is 0.492 e. The molecule has 0 aliphatic heterocycles. The minimum absolute atomic E-state index is 0.113. The van der Waals surface area contributed by atoms with Gasteiger partial charge in [0.05, 0.1) is 17.1 Å². The van der Waals surface area contributed by atoms with Crippen LogP contribution >= 0.6 is 0 Å². The molecule has 1 unspecified atom stereocenters. The molecule has 1 aliphatic rings. The molecule has 0 saturated carbocycles. The summed E-state index contributed by atoms with van der Waals surface area (Å²) in [6.45, 7) is 0.468. The highest BCUT2D eigenvalue weighted by Crippen LogP contribution is 2.35. The summed E-state index contributed by atoms with van der Waals surface area (Å²) in [4.78, 5) is 21.2. The van der Waals surface area contributed by atoms with Crippen LogP contribution in [-0.2, 0) is 6.42 Å². The van der Waals surface area contributed by atoms with Crippen LogP contribution in [-0.4, -0.2) is 17.8 Å². The van der Waals surface area contributed by atoms with Crippen molar-refractivity contribution in [1.29, 1.82) is 0 Å². The van der Waals surface area contributed by atoms with Gasteiger partial charge < -0.3 is 4.74 Å². The fourth-order valence-electron chi connectivity index (χ4n) is 2.57. The number of nitro benzene ring substituents is 1. The summed E-state index contributed by atoms with van der Waals surface area (Å²) >= 11 is 0. The van der Waals surface area contributed by atoms with Gasteiger partial charge in [-0.3, -0.25) is 14.9 Å². The van der Waals surface area contributed by atoms with Gasteiger partial charge in [-0.05, 0) is 23.6 Å². The standard InChI is InChI=1S/C16H13NO4/c18-9-12-8-14(17(19)20)5-6-16(12)21-10-13-7-11-3-1-2-4-15(11)13/h1-6,8-9,13H,7,10H2. The van der Waals surface area contributed by atoms with E-state index in [4.69, 9.17) is 4.74 Å². The second-order valence-corrected chi connectivity index (χ2v) is 5.01. The van der Waals surface area contributed by atoms with Crippen molar-refractivity contribution < 1.29 is 14.5 Å². The summed E-state index contributed by atoms with van der Waals surface area (Å²) < 4.78 is 5.67. The van der Waals surface area contributed by atoms with Crippen LogP contribution in [0.4, 0.5) is 5.69 Å². The highest BCUT2D eigenvalue weighted by atomic mass is 16.6. The summed E-state index contributed by atoms with van der Waals surface area (Å²) in [6.07, 6.45) is 1.54. The first kappa shape index (κ1) is 13.3. The number of fused-ring (bicyclic) bond motifs is 1. The number of rotatable bonds is 5. The van der Waals surface area contributed by atoms with Crippen LogP contribution in [0.1, 0.15) is 27.4 Å². The van der Waals surface area contributed by atoms with Gasteiger partial charge >= 0.3 is 0 Å². The van der Waals surface area contributed by atoms with E-state index >= 15 is 0 Å². The number of hydrogen-bond donors (Lipinski definition) is 0. The monoisotopic (exact) mass is 283 g/mol. The van der Waals surface area contributed by atoms with Crippen molar-refractivity contribution in [1.82, 2.24) is 0 Å². The first-order valence-electron chi connectivity index (χ1n) is 6.63. The molecule has 0 saturated heterocycles. The van der Waals surface area contributed by atoms with Crippen molar-refractivity contribution in [2.24, 2.45) is 0 Å². The summed E-state index contributed by atoms with van der Waals surface area (Å²) in [5, 5.41) is 10.7. The number of nitro groups is 1. The van der Waals surface area contributed by atoms with Gasteiger partial charge in [-0.15, -0.1) is 0 Å². The van der Waals surface area contributed by atoms with Crippen LogP contribution in [0.15, 0.2) is 42.5 Å². The SMILES string of the molecule is O=Cc1cc([N+](=O)[O-])ccc1OCC1Cc2ccccc21. The lowest BCUT2D eigenvalue weighted by Crippen LogP contribution is -2.23. The van der Waals surface area contributed by atoms with Crippen molar-refractivity contribution in [3.8, 4) is 5.75 Å². The number of aldehydes is 1. The van der Waals surface area contributed by atoms with Crippen molar-refractivity contribution in [3.63, 3.8) is 0 Å². The molecule has 2 aromatic rings. The maximum absolute atomic E-state index is 11.0. The van der Waals surface area contributed by atoms with Crippen molar-refractivity contribution in [3.05, 3.63) is 69.3 Å². The van der Waals surface area contributed by atoms with E-state index in [1.165, 1.54) is 29.3 Å². The Kier molecular flexibility index (Phi) is 3.39. The number of benzene rings is 2. The quantitative estimate of drug-likeness (QED) is 0.480. The Morgan fingerprint density at radius 3 is 2.81 bits per heavy atom. The molecular weight excluding hydrogens is 270 g/mol. The van der Waals surface area contributed by atoms with Crippen LogP contribution in [0.2, 0.25) is 0 Å². The lowest BCUT2D eigenvalue weighted by Gasteiger charge is -2.29. The van der Waals surface area contributed by atoms with Crippen LogP contribution in [0.3, 0.4) is 0 Å². The van der Waals surface area contributed by atoms with Crippen molar-refractivity contribution in [2.45, 2.75) is 12.3 Å². The van der Waals surface area contributed by atoms with Gasteiger partial charge in [0.15, 0.2) is 6.29 Å².